The number of nitrogens with zero attached hydrogens (tertiary/aromatic N) is 7. The van der Waals surface area contributed by atoms with E-state index in [2.05, 4.69) is 25.3 Å². The molecule has 0 N–H and O–H groups in total. The van der Waals surface area contributed by atoms with Gasteiger partial charge in [0, 0.05) is 37.0 Å². The van der Waals surface area contributed by atoms with Gasteiger partial charge in [0.25, 0.3) is 0 Å². The Morgan fingerprint density at radius 1 is 1.35 bits per heavy atom. The van der Waals surface area contributed by atoms with Gasteiger partial charge >= 0.3 is 5.69 Å². The number of tetrazole rings is 1. The van der Waals surface area contributed by atoms with Gasteiger partial charge in [0.1, 0.15) is 17.5 Å². The molecule has 0 radical (unpaired) electrons. The molecule has 0 unspecified atom stereocenters. The van der Waals surface area contributed by atoms with E-state index in [0.29, 0.717) is 13.2 Å². The third-order valence-corrected chi connectivity index (χ3v) is 4.67. The van der Waals surface area contributed by atoms with Gasteiger partial charge in [-0.2, -0.15) is 9.36 Å². The van der Waals surface area contributed by atoms with Crippen LogP contribution in [0.4, 0.5) is 0 Å². The van der Waals surface area contributed by atoms with Crippen LogP contribution in [0, 0.1) is 6.92 Å². The molecule has 0 amide bonds. The van der Waals surface area contributed by atoms with Crippen LogP contribution in [0.5, 0.6) is 0 Å². The summed E-state index contributed by atoms with van der Waals surface area (Å²) < 4.78 is 2.72. The number of hydrogen-bond acceptors (Lipinski definition) is 7. The maximum Gasteiger partial charge on any atom is 0.370 e. The highest BCUT2D eigenvalue weighted by atomic mass is 32.1. The molecule has 118 valence electrons. The molecule has 4 rings (SSSR count). The first-order chi connectivity index (χ1) is 11.2. The molecule has 0 spiro atoms. The fraction of sp³-hybridized carbons (Fsp3) is 0.357. The molecule has 23 heavy (non-hydrogen) atoms. The van der Waals surface area contributed by atoms with E-state index in [0.717, 1.165) is 35.0 Å². The topological polar surface area (TPSA) is 81.7 Å². The second-order valence-corrected chi connectivity index (χ2v) is 6.38. The van der Waals surface area contributed by atoms with Crippen LogP contribution in [-0.2, 0) is 19.6 Å². The Morgan fingerprint density at radius 3 is 3.09 bits per heavy atom. The van der Waals surface area contributed by atoms with Gasteiger partial charge in [-0.15, -0.1) is 11.3 Å². The Bertz CT molecular complexity index is 883. The Morgan fingerprint density at radius 2 is 2.26 bits per heavy atom. The first-order valence-electron chi connectivity index (χ1n) is 7.31. The first-order valence-corrected chi connectivity index (χ1v) is 8.19. The SMILES string of the molecule is Cc1ncc2c(n1)CCN(Cn1nnn(-c3cccs3)c1=O)C2. The van der Waals surface area contributed by atoms with Crippen LogP contribution in [0.3, 0.4) is 0 Å². The molecule has 1 aliphatic heterocycles. The molecule has 8 nitrogen and oxygen atoms in total. The molecule has 0 fully saturated rings. The largest absolute Gasteiger partial charge is 0.370 e. The molecule has 0 saturated carbocycles. The van der Waals surface area contributed by atoms with E-state index in [1.807, 2.05) is 30.6 Å². The molecule has 0 saturated heterocycles. The zero-order valence-corrected chi connectivity index (χ0v) is 13.4. The highest BCUT2D eigenvalue weighted by molar-refractivity contribution is 7.12. The third-order valence-electron chi connectivity index (χ3n) is 3.82. The smallest absolute Gasteiger partial charge is 0.279 e. The van der Waals surface area contributed by atoms with E-state index >= 15 is 0 Å². The number of hydrogen-bond donors (Lipinski definition) is 0. The van der Waals surface area contributed by atoms with Gasteiger partial charge in [-0.25, -0.2) is 14.8 Å². The average Bonchev–Trinajstić information content (AvgIpc) is 3.18. The van der Waals surface area contributed by atoms with Crippen molar-refractivity contribution in [3.8, 4) is 5.00 Å². The lowest BCUT2D eigenvalue weighted by Crippen LogP contribution is -2.37. The Kier molecular flexibility index (Phi) is 3.50. The summed E-state index contributed by atoms with van der Waals surface area (Å²) in [6, 6.07) is 3.73. The lowest BCUT2D eigenvalue weighted by atomic mass is 10.1. The lowest BCUT2D eigenvalue weighted by Gasteiger charge is -2.27. The Balaban J connectivity index is 1.54. The quantitative estimate of drug-likeness (QED) is 0.700. The highest BCUT2D eigenvalue weighted by Gasteiger charge is 2.20. The summed E-state index contributed by atoms with van der Waals surface area (Å²) in [5, 5.41) is 10.6. The van der Waals surface area contributed by atoms with Crippen molar-refractivity contribution in [2.75, 3.05) is 6.54 Å². The van der Waals surface area contributed by atoms with Crippen molar-refractivity contribution >= 4 is 11.3 Å². The minimum Gasteiger partial charge on any atom is -0.279 e. The fourth-order valence-corrected chi connectivity index (χ4v) is 3.34. The van der Waals surface area contributed by atoms with Gasteiger partial charge in [-0.3, -0.25) is 4.90 Å². The number of thiophene rings is 1. The normalized spacial score (nSPS) is 14.8. The highest BCUT2D eigenvalue weighted by Crippen LogP contribution is 2.16. The predicted octanol–water partition coefficient (Wildman–Crippen LogP) is 0.605. The summed E-state index contributed by atoms with van der Waals surface area (Å²) in [7, 11) is 0. The van der Waals surface area contributed by atoms with Crippen molar-refractivity contribution in [2.24, 2.45) is 0 Å². The molecule has 0 aromatic carbocycles. The summed E-state index contributed by atoms with van der Waals surface area (Å²) in [5.74, 6) is 0.798. The summed E-state index contributed by atoms with van der Waals surface area (Å²) in [6.07, 6.45) is 2.72. The lowest BCUT2D eigenvalue weighted by molar-refractivity contribution is 0.183. The van der Waals surface area contributed by atoms with Crippen molar-refractivity contribution in [3.63, 3.8) is 0 Å². The van der Waals surface area contributed by atoms with E-state index in [1.54, 1.807) is 0 Å². The van der Waals surface area contributed by atoms with Crippen LogP contribution in [0.25, 0.3) is 5.00 Å². The van der Waals surface area contributed by atoms with Gasteiger partial charge in [0.15, 0.2) is 0 Å². The van der Waals surface area contributed by atoms with Gasteiger partial charge in [-0.1, -0.05) is 0 Å². The molecule has 0 bridgehead atoms. The number of aryl methyl sites for hydroxylation is 1. The molecule has 9 heteroatoms. The van der Waals surface area contributed by atoms with Crippen LogP contribution in [0.2, 0.25) is 0 Å². The second-order valence-electron chi connectivity index (χ2n) is 5.46. The maximum atomic E-state index is 12.4. The minimum atomic E-state index is -0.224. The Hall–Kier alpha value is -2.39. The molecule has 0 aliphatic carbocycles. The first kappa shape index (κ1) is 14.2. The maximum absolute atomic E-state index is 12.4. The zero-order chi connectivity index (χ0) is 15.8. The molecular weight excluding hydrogens is 314 g/mol. The summed E-state index contributed by atoms with van der Waals surface area (Å²) in [4.78, 5) is 23.3. The molecule has 3 aromatic rings. The van der Waals surface area contributed by atoms with E-state index in [4.69, 9.17) is 0 Å². The van der Waals surface area contributed by atoms with Crippen molar-refractivity contribution in [1.29, 1.82) is 0 Å². The van der Waals surface area contributed by atoms with Crippen molar-refractivity contribution in [3.05, 3.63) is 51.3 Å². The molecule has 0 atom stereocenters. The predicted molar refractivity (Wildman–Crippen MR) is 84.4 cm³/mol. The van der Waals surface area contributed by atoms with Gasteiger partial charge in [0.2, 0.25) is 0 Å². The average molecular weight is 329 g/mol. The van der Waals surface area contributed by atoms with Crippen molar-refractivity contribution in [1.82, 2.24) is 34.7 Å². The van der Waals surface area contributed by atoms with E-state index in [9.17, 15) is 4.79 Å². The van der Waals surface area contributed by atoms with E-state index < -0.39 is 0 Å². The number of rotatable bonds is 3. The number of fused-ring (bicyclic) bond motifs is 1. The van der Waals surface area contributed by atoms with E-state index in [-0.39, 0.29) is 5.69 Å². The zero-order valence-electron chi connectivity index (χ0n) is 12.6. The minimum absolute atomic E-state index is 0.224. The summed E-state index contributed by atoms with van der Waals surface area (Å²) >= 11 is 1.46. The van der Waals surface area contributed by atoms with Crippen LogP contribution in [0.15, 0.2) is 28.5 Å². The van der Waals surface area contributed by atoms with Gasteiger partial charge < -0.3 is 0 Å². The van der Waals surface area contributed by atoms with Crippen LogP contribution < -0.4 is 5.69 Å². The molecule has 4 heterocycles. The molecule has 3 aromatic heterocycles. The van der Waals surface area contributed by atoms with Gasteiger partial charge in [0.05, 0.1) is 0 Å². The van der Waals surface area contributed by atoms with Crippen LogP contribution in [-0.4, -0.2) is 41.2 Å². The van der Waals surface area contributed by atoms with Crippen LogP contribution in [0.1, 0.15) is 17.1 Å². The van der Waals surface area contributed by atoms with Crippen molar-refractivity contribution < 1.29 is 0 Å². The monoisotopic (exact) mass is 329 g/mol. The Labute approximate surface area is 136 Å². The standard InChI is InChI=1S/C14H15N7OS/c1-10-15-7-11-8-19(5-4-12(11)16-10)9-20-14(22)21(18-17-20)13-3-2-6-23-13/h2-3,6-7H,4-5,8-9H2,1H3. The van der Waals surface area contributed by atoms with Crippen molar-refractivity contribution in [2.45, 2.75) is 26.6 Å². The van der Waals surface area contributed by atoms with Crippen LogP contribution >= 0.6 is 11.3 Å². The summed E-state index contributed by atoms with van der Waals surface area (Å²) in [6.45, 7) is 3.86. The number of aromatic nitrogens is 6. The fourth-order valence-electron chi connectivity index (χ4n) is 2.68. The van der Waals surface area contributed by atoms with Gasteiger partial charge in [-0.05, 0) is 34.9 Å². The molecule has 1 aliphatic rings. The second kappa shape index (κ2) is 5.67. The molecular formula is C14H15N7OS. The third kappa shape index (κ3) is 2.68. The summed E-state index contributed by atoms with van der Waals surface area (Å²) in [5.41, 5.74) is 1.99. The van der Waals surface area contributed by atoms with E-state index in [1.165, 1.54) is 20.7 Å².